The van der Waals surface area contributed by atoms with E-state index < -0.39 is 0 Å². The van der Waals surface area contributed by atoms with Crippen molar-refractivity contribution in [1.29, 1.82) is 0 Å². The fourth-order valence-electron chi connectivity index (χ4n) is 4.77. The number of carbonyl (C=O) groups is 1. The quantitative estimate of drug-likeness (QED) is 0.176. The molecular weight excluding hydrogens is 522 g/mol. The van der Waals surface area contributed by atoms with Gasteiger partial charge in [0.25, 0.3) is 5.91 Å². The number of para-hydroxylation sites is 2. The average molecular weight is 562 g/mol. The summed E-state index contributed by atoms with van der Waals surface area (Å²) in [6.45, 7) is 2.00. The number of aromatic nitrogens is 2. The molecule has 0 aliphatic heterocycles. The Labute approximate surface area is 241 Å². The van der Waals surface area contributed by atoms with Crippen LogP contribution < -0.4 is 29.0 Å². The van der Waals surface area contributed by atoms with E-state index in [0.717, 1.165) is 67.0 Å². The number of nitrogens with one attached hydrogen (secondary N) is 1. The molecule has 0 saturated heterocycles. The van der Waals surface area contributed by atoms with Crippen LogP contribution in [0.4, 0.5) is 0 Å². The molecule has 0 unspecified atom stereocenters. The number of fused-ring (bicyclic) bond motifs is 1. The van der Waals surface area contributed by atoms with Crippen molar-refractivity contribution in [2.24, 2.45) is 0 Å². The lowest BCUT2D eigenvalue weighted by Crippen LogP contribution is -2.24. The zero-order chi connectivity index (χ0) is 29.0. The number of hydrogen-bond donors (Lipinski definition) is 1. The lowest BCUT2D eigenvalue weighted by Gasteiger charge is -2.14. The molecule has 218 valence electrons. The first-order valence-electron chi connectivity index (χ1n) is 13.9. The molecule has 0 radical (unpaired) electrons. The number of amides is 1. The van der Waals surface area contributed by atoms with Crippen LogP contribution in [0.5, 0.6) is 28.7 Å². The maximum absolute atomic E-state index is 12.7. The highest BCUT2D eigenvalue weighted by atomic mass is 16.5. The molecule has 0 spiro atoms. The number of aryl methyl sites for hydroxylation is 2. The van der Waals surface area contributed by atoms with Gasteiger partial charge >= 0.3 is 0 Å². The highest BCUT2D eigenvalue weighted by Crippen LogP contribution is 2.38. The summed E-state index contributed by atoms with van der Waals surface area (Å²) in [4.78, 5) is 17.6. The van der Waals surface area contributed by atoms with Crippen LogP contribution in [0.25, 0.3) is 11.0 Å². The Kier molecular flexibility index (Phi) is 10.7. The van der Waals surface area contributed by atoms with Gasteiger partial charge in [0.05, 0.1) is 46.1 Å². The molecule has 0 aliphatic rings. The van der Waals surface area contributed by atoms with E-state index in [9.17, 15) is 4.79 Å². The predicted octanol–water partition coefficient (Wildman–Crippen LogP) is 5.68. The van der Waals surface area contributed by atoms with Crippen molar-refractivity contribution in [2.75, 3.05) is 41.6 Å². The van der Waals surface area contributed by atoms with E-state index in [1.807, 2.05) is 36.4 Å². The monoisotopic (exact) mass is 561 g/mol. The van der Waals surface area contributed by atoms with Crippen LogP contribution in [0.2, 0.25) is 0 Å². The molecule has 9 heteroatoms. The number of nitrogens with zero attached hydrogens (tertiary/aromatic N) is 2. The number of rotatable bonds is 16. The largest absolute Gasteiger partial charge is 0.497 e. The van der Waals surface area contributed by atoms with Crippen molar-refractivity contribution < 1.29 is 28.5 Å². The second-order valence-corrected chi connectivity index (χ2v) is 9.53. The number of benzene rings is 3. The van der Waals surface area contributed by atoms with Gasteiger partial charge < -0.3 is 33.6 Å². The third kappa shape index (κ3) is 7.63. The zero-order valence-corrected chi connectivity index (χ0v) is 24.3. The molecule has 0 atom stereocenters. The second kappa shape index (κ2) is 14.8. The molecule has 0 saturated carbocycles. The number of ether oxygens (including phenoxy) is 5. The summed E-state index contributed by atoms with van der Waals surface area (Å²) < 4.78 is 29.6. The second-order valence-electron chi connectivity index (χ2n) is 9.53. The zero-order valence-electron chi connectivity index (χ0n) is 24.3. The topological polar surface area (TPSA) is 93.1 Å². The molecule has 9 nitrogen and oxygen atoms in total. The van der Waals surface area contributed by atoms with Gasteiger partial charge in [0.1, 0.15) is 17.3 Å². The third-order valence-electron chi connectivity index (χ3n) is 6.86. The summed E-state index contributed by atoms with van der Waals surface area (Å²) in [6.07, 6.45) is 4.54. The summed E-state index contributed by atoms with van der Waals surface area (Å²) in [7, 11) is 6.25. The van der Waals surface area contributed by atoms with Gasteiger partial charge in [-0.15, -0.1) is 0 Å². The van der Waals surface area contributed by atoms with E-state index >= 15 is 0 Å². The van der Waals surface area contributed by atoms with Crippen LogP contribution in [0.3, 0.4) is 0 Å². The first-order valence-corrected chi connectivity index (χ1v) is 13.9. The van der Waals surface area contributed by atoms with Gasteiger partial charge in [-0.3, -0.25) is 4.79 Å². The van der Waals surface area contributed by atoms with Gasteiger partial charge in [0.15, 0.2) is 11.5 Å². The SMILES string of the molecule is COc1cccc(OCCCn2c(CCCCCNC(=O)c3cc(OC)c(OC)c(OC)c3)nc3ccccc32)c1. The Bertz CT molecular complexity index is 1410. The molecule has 1 amide bonds. The first kappa shape index (κ1) is 29.6. The Balaban J connectivity index is 1.26. The standard InChI is InChI=1S/C32H39N3O6/c1-37-24-12-10-13-25(22-24)41-19-11-18-35-27-15-8-7-14-26(27)34-30(35)16-6-5-9-17-33-32(36)23-20-28(38-2)31(40-4)29(21-23)39-3/h7-8,10,12-15,20-22H,5-6,9,11,16-19H2,1-4H3,(H,33,36). The maximum atomic E-state index is 12.7. The Morgan fingerprint density at radius 1 is 0.805 bits per heavy atom. The van der Waals surface area contributed by atoms with E-state index in [0.29, 0.717) is 36.0 Å². The number of carbonyl (C=O) groups excluding carboxylic acids is 1. The van der Waals surface area contributed by atoms with Gasteiger partial charge in [0.2, 0.25) is 5.75 Å². The minimum absolute atomic E-state index is 0.179. The van der Waals surface area contributed by atoms with Gasteiger partial charge in [0, 0.05) is 31.1 Å². The van der Waals surface area contributed by atoms with Crippen molar-refractivity contribution >= 4 is 16.9 Å². The highest BCUT2D eigenvalue weighted by molar-refractivity contribution is 5.95. The van der Waals surface area contributed by atoms with Crippen LogP contribution in [-0.4, -0.2) is 57.0 Å². The fourth-order valence-corrected chi connectivity index (χ4v) is 4.77. The minimum Gasteiger partial charge on any atom is -0.497 e. The van der Waals surface area contributed by atoms with Crippen LogP contribution >= 0.6 is 0 Å². The Hall–Kier alpha value is -4.40. The summed E-state index contributed by atoms with van der Waals surface area (Å²) in [5.74, 6) is 3.85. The van der Waals surface area contributed by atoms with E-state index in [1.54, 1.807) is 19.2 Å². The van der Waals surface area contributed by atoms with E-state index in [1.165, 1.54) is 21.3 Å². The summed E-state index contributed by atoms with van der Waals surface area (Å²) in [6, 6.07) is 19.2. The van der Waals surface area contributed by atoms with Gasteiger partial charge in [-0.1, -0.05) is 24.6 Å². The van der Waals surface area contributed by atoms with Crippen molar-refractivity contribution in [3.63, 3.8) is 0 Å². The molecular formula is C32H39N3O6. The molecule has 1 heterocycles. The summed E-state index contributed by atoms with van der Waals surface area (Å²) in [5.41, 5.74) is 2.61. The molecule has 4 aromatic rings. The number of methoxy groups -OCH3 is 4. The molecule has 1 N–H and O–H groups in total. The molecule has 41 heavy (non-hydrogen) atoms. The lowest BCUT2D eigenvalue weighted by molar-refractivity contribution is 0.0952. The van der Waals surface area contributed by atoms with Crippen molar-refractivity contribution in [2.45, 2.75) is 38.6 Å². The maximum Gasteiger partial charge on any atom is 0.251 e. The number of imidazole rings is 1. The molecule has 1 aromatic heterocycles. The normalized spacial score (nSPS) is 10.8. The van der Waals surface area contributed by atoms with Crippen LogP contribution in [0.1, 0.15) is 41.9 Å². The van der Waals surface area contributed by atoms with Crippen molar-refractivity contribution in [1.82, 2.24) is 14.9 Å². The van der Waals surface area contributed by atoms with E-state index in [-0.39, 0.29) is 5.91 Å². The van der Waals surface area contributed by atoms with Crippen LogP contribution in [-0.2, 0) is 13.0 Å². The van der Waals surface area contributed by atoms with Crippen molar-refractivity contribution in [3.8, 4) is 28.7 Å². The average Bonchev–Trinajstić information content (AvgIpc) is 3.37. The molecule has 4 rings (SSSR count). The van der Waals surface area contributed by atoms with Gasteiger partial charge in [-0.05, 0) is 55.7 Å². The Morgan fingerprint density at radius 2 is 1.56 bits per heavy atom. The summed E-state index contributed by atoms with van der Waals surface area (Å²) in [5, 5.41) is 2.99. The number of hydrogen-bond acceptors (Lipinski definition) is 7. The fraction of sp³-hybridized carbons (Fsp3) is 0.375. The lowest BCUT2D eigenvalue weighted by atomic mass is 10.1. The molecule has 0 aliphatic carbocycles. The van der Waals surface area contributed by atoms with Crippen LogP contribution in [0.15, 0.2) is 60.7 Å². The first-order chi connectivity index (χ1) is 20.1. The van der Waals surface area contributed by atoms with E-state index in [2.05, 4.69) is 22.0 Å². The molecule has 0 fully saturated rings. The smallest absolute Gasteiger partial charge is 0.251 e. The molecule has 0 bridgehead atoms. The third-order valence-corrected chi connectivity index (χ3v) is 6.86. The number of unbranched alkanes of at least 4 members (excludes halogenated alkanes) is 2. The Morgan fingerprint density at radius 3 is 2.29 bits per heavy atom. The van der Waals surface area contributed by atoms with Crippen molar-refractivity contribution in [3.05, 3.63) is 72.1 Å². The van der Waals surface area contributed by atoms with Gasteiger partial charge in [-0.25, -0.2) is 4.98 Å². The molecule has 3 aromatic carbocycles. The van der Waals surface area contributed by atoms with E-state index in [4.69, 9.17) is 28.7 Å². The summed E-state index contributed by atoms with van der Waals surface area (Å²) >= 11 is 0. The van der Waals surface area contributed by atoms with Gasteiger partial charge in [-0.2, -0.15) is 0 Å². The minimum atomic E-state index is -0.179. The highest BCUT2D eigenvalue weighted by Gasteiger charge is 2.17. The van der Waals surface area contributed by atoms with Crippen LogP contribution in [0, 0.1) is 0 Å². The predicted molar refractivity (Wildman–Crippen MR) is 159 cm³/mol.